The number of amides is 2. The van der Waals surface area contributed by atoms with Crippen molar-refractivity contribution in [2.24, 2.45) is 0 Å². The predicted molar refractivity (Wildman–Crippen MR) is 108 cm³/mol. The van der Waals surface area contributed by atoms with E-state index in [1.807, 2.05) is 12.1 Å². The molecule has 0 saturated carbocycles. The summed E-state index contributed by atoms with van der Waals surface area (Å²) in [6.07, 6.45) is 2.10. The fourth-order valence-electron chi connectivity index (χ4n) is 2.81. The van der Waals surface area contributed by atoms with Crippen LogP contribution in [0.1, 0.15) is 12.0 Å². The lowest BCUT2D eigenvalue weighted by Gasteiger charge is -2.16. The number of benzene rings is 1. The summed E-state index contributed by atoms with van der Waals surface area (Å²) in [6.45, 7) is -0.221. The van der Waals surface area contributed by atoms with Gasteiger partial charge < -0.3 is 10.1 Å². The molecule has 0 aliphatic carbocycles. The van der Waals surface area contributed by atoms with Gasteiger partial charge in [-0.2, -0.15) is 0 Å². The molecule has 1 N–H and O–H groups in total. The van der Waals surface area contributed by atoms with E-state index >= 15 is 0 Å². The summed E-state index contributed by atoms with van der Waals surface area (Å²) in [7, 11) is -1.51. The Balaban J connectivity index is 1.63. The van der Waals surface area contributed by atoms with Gasteiger partial charge in [0, 0.05) is 6.04 Å². The third-order valence-corrected chi connectivity index (χ3v) is 7.33. The Hall–Kier alpha value is -1.91. The van der Waals surface area contributed by atoms with Crippen molar-refractivity contribution in [3.8, 4) is 5.75 Å². The molecule has 0 unspecified atom stereocenters. The van der Waals surface area contributed by atoms with E-state index in [0.717, 1.165) is 17.3 Å². The fraction of sp³-hybridized carbons (Fsp3) is 0.353. The third-order valence-electron chi connectivity index (χ3n) is 4.19. The molecule has 10 heteroatoms. The largest absolute Gasteiger partial charge is 0.497 e. The number of carbonyl (C=O) groups excluding carboxylic acids is 2. The average molecular weight is 427 g/mol. The van der Waals surface area contributed by atoms with Crippen molar-refractivity contribution in [3.63, 3.8) is 0 Å². The summed E-state index contributed by atoms with van der Waals surface area (Å²) >= 11 is 6.35. The third kappa shape index (κ3) is 4.88. The maximum absolute atomic E-state index is 12.6. The normalized spacial score (nSPS) is 23.1. The minimum absolute atomic E-state index is 0.0610. The van der Waals surface area contributed by atoms with E-state index in [4.69, 9.17) is 17.0 Å². The average Bonchev–Trinajstić information content (AvgIpc) is 3.09. The van der Waals surface area contributed by atoms with Gasteiger partial charge in [0.05, 0.1) is 23.5 Å². The highest BCUT2D eigenvalue weighted by atomic mass is 32.2. The molecule has 1 atom stereocenters. The Bertz CT molecular complexity index is 909. The molecule has 0 spiro atoms. The van der Waals surface area contributed by atoms with E-state index in [-0.39, 0.29) is 24.0 Å². The number of ether oxygens (including phenoxy) is 1. The van der Waals surface area contributed by atoms with Crippen LogP contribution >= 0.6 is 24.0 Å². The first kappa shape index (κ1) is 19.8. The number of hydrogen-bond donors (Lipinski definition) is 1. The van der Waals surface area contributed by atoms with Crippen LogP contribution in [0.4, 0.5) is 0 Å². The minimum Gasteiger partial charge on any atom is -0.497 e. The van der Waals surface area contributed by atoms with Crippen LogP contribution in [0.25, 0.3) is 6.08 Å². The first-order valence-electron chi connectivity index (χ1n) is 8.16. The molecule has 2 fully saturated rings. The number of nitrogens with zero attached hydrogens (tertiary/aromatic N) is 1. The molecule has 2 heterocycles. The van der Waals surface area contributed by atoms with Crippen LogP contribution in [0.5, 0.6) is 5.75 Å². The highest BCUT2D eigenvalue weighted by Gasteiger charge is 2.35. The molecule has 1 aromatic rings. The summed E-state index contributed by atoms with van der Waals surface area (Å²) in [5.74, 6) is -0.0302. The number of carbonyl (C=O) groups is 2. The summed E-state index contributed by atoms with van der Waals surface area (Å²) in [5, 5.41) is 2.67. The molecular formula is C17H18N2O5S3. The van der Waals surface area contributed by atoms with Crippen LogP contribution in [-0.2, 0) is 19.4 Å². The molecule has 2 amide bonds. The maximum Gasteiger partial charge on any atom is 0.266 e. The molecule has 27 heavy (non-hydrogen) atoms. The van der Waals surface area contributed by atoms with Crippen LogP contribution in [0, 0.1) is 0 Å². The molecule has 2 aliphatic heterocycles. The maximum atomic E-state index is 12.6. The fourth-order valence-corrected chi connectivity index (χ4v) is 5.74. The zero-order chi connectivity index (χ0) is 19.6. The van der Waals surface area contributed by atoms with Crippen molar-refractivity contribution in [2.75, 3.05) is 25.2 Å². The number of thioether (sulfide) groups is 1. The van der Waals surface area contributed by atoms with Crippen molar-refractivity contribution in [1.29, 1.82) is 0 Å². The number of thiocarbonyl (C=S) groups is 1. The lowest BCUT2D eigenvalue weighted by atomic mass is 10.2. The molecule has 0 aromatic heterocycles. The molecule has 1 aromatic carbocycles. The Morgan fingerprint density at radius 3 is 2.70 bits per heavy atom. The lowest BCUT2D eigenvalue weighted by molar-refractivity contribution is -0.129. The van der Waals surface area contributed by atoms with E-state index < -0.39 is 21.8 Å². The quantitative estimate of drug-likeness (QED) is 0.559. The van der Waals surface area contributed by atoms with Gasteiger partial charge in [-0.05, 0) is 30.2 Å². The molecule has 2 aliphatic rings. The van der Waals surface area contributed by atoms with E-state index in [1.54, 1.807) is 25.3 Å². The monoisotopic (exact) mass is 426 g/mol. The predicted octanol–water partition coefficient (Wildman–Crippen LogP) is 1.20. The molecule has 2 saturated heterocycles. The lowest BCUT2D eigenvalue weighted by Crippen LogP contribution is -2.43. The first-order valence-corrected chi connectivity index (χ1v) is 11.2. The Labute approximate surface area is 167 Å². The number of sulfone groups is 1. The smallest absolute Gasteiger partial charge is 0.266 e. The van der Waals surface area contributed by atoms with Crippen LogP contribution in [0.2, 0.25) is 0 Å². The van der Waals surface area contributed by atoms with Crippen LogP contribution in [0.3, 0.4) is 0 Å². The van der Waals surface area contributed by atoms with Crippen LogP contribution in [0.15, 0.2) is 29.2 Å². The summed E-state index contributed by atoms with van der Waals surface area (Å²) in [4.78, 5) is 26.4. The minimum atomic E-state index is -3.08. The van der Waals surface area contributed by atoms with Gasteiger partial charge in [0.15, 0.2) is 9.84 Å². The van der Waals surface area contributed by atoms with Gasteiger partial charge in [-0.25, -0.2) is 8.42 Å². The van der Waals surface area contributed by atoms with Crippen LogP contribution in [-0.4, -0.2) is 60.7 Å². The molecule has 7 nitrogen and oxygen atoms in total. The molecule has 144 valence electrons. The molecule has 0 radical (unpaired) electrons. The Morgan fingerprint density at radius 2 is 2.11 bits per heavy atom. The second-order valence-electron chi connectivity index (χ2n) is 6.21. The van der Waals surface area contributed by atoms with Gasteiger partial charge in [0.1, 0.15) is 16.6 Å². The van der Waals surface area contributed by atoms with E-state index in [9.17, 15) is 18.0 Å². The number of hydrogen-bond acceptors (Lipinski definition) is 7. The topological polar surface area (TPSA) is 92.8 Å². The molecular weight excluding hydrogens is 408 g/mol. The summed E-state index contributed by atoms with van der Waals surface area (Å²) in [6, 6.07) is 6.80. The van der Waals surface area contributed by atoms with Gasteiger partial charge in [0.25, 0.3) is 5.91 Å². The van der Waals surface area contributed by atoms with Crippen molar-refractivity contribution in [3.05, 3.63) is 34.7 Å². The Kier molecular flexibility index (Phi) is 5.87. The molecule has 0 bridgehead atoms. The van der Waals surface area contributed by atoms with Crippen LogP contribution < -0.4 is 10.1 Å². The number of rotatable bonds is 5. The Morgan fingerprint density at radius 1 is 1.41 bits per heavy atom. The van der Waals surface area contributed by atoms with E-state index in [2.05, 4.69) is 5.32 Å². The standard InChI is InChI=1S/C17H18N2O5S3/c1-24-13-4-2-11(3-5-13)8-14-16(21)19(17(25)26-14)9-15(20)18-12-6-7-27(22,23)10-12/h2-5,8,12H,6-7,9-10H2,1H3,(H,18,20)/b14-8+/t12-/m0/s1. The second-order valence-corrected chi connectivity index (χ2v) is 10.1. The SMILES string of the molecule is COc1ccc(/C=C2/SC(=S)N(CC(=O)N[C@H]3CCS(=O)(=O)C3)C2=O)cc1. The van der Waals surface area contributed by atoms with Crippen molar-refractivity contribution in [1.82, 2.24) is 10.2 Å². The highest BCUT2D eigenvalue weighted by molar-refractivity contribution is 8.26. The number of nitrogens with one attached hydrogen (secondary N) is 1. The zero-order valence-electron chi connectivity index (χ0n) is 14.5. The van der Waals surface area contributed by atoms with Crippen molar-refractivity contribution >= 4 is 56.0 Å². The van der Waals surface area contributed by atoms with Gasteiger partial charge in [0.2, 0.25) is 5.91 Å². The second kappa shape index (κ2) is 7.99. The van der Waals surface area contributed by atoms with Gasteiger partial charge in [-0.15, -0.1) is 0 Å². The molecule has 3 rings (SSSR count). The van der Waals surface area contributed by atoms with E-state index in [1.165, 1.54) is 4.90 Å². The number of methoxy groups -OCH3 is 1. The first-order chi connectivity index (χ1) is 12.8. The van der Waals surface area contributed by atoms with Gasteiger partial charge in [-0.3, -0.25) is 14.5 Å². The van der Waals surface area contributed by atoms with E-state index in [0.29, 0.717) is 21.4 Å². The zero-order valence-corrected chi connectivity index (χ0v) is 17.0. The van der Waals surface area contributed by atoms with Crippen molar-refractivity contribution in [2.45, 2.75) is 12.5 Å². The highest BCUT2D eigenvalue weighted by Crippen LogP contribution is 2.32. The van der Waals surface area contributed by atoms with Crippen molar-refractivity contribution < 1.29 is 22.7 Å². The summed E-state index contributed by atoms with van der Waals surface area (Å²) in [5.41, 5.74) is 0.817. The van der Waals surface area contributed by atoms with Gasteiger partial charge in [-0.1, -0.05) is 36.1 Å². The summed E-state index contributed by atoms with van der Waals surface area (Å²) < 4.78 is 28.3. The van der Waals surface area contributed by atoms with Gasteiger partial charge >= 0.3 is 0 Å².